The summed E-state index contributed by atoms with van der Waals surface area (Å²) in [4.78, 5) is 12.4. The maximum absolute atomic E-state index is 5.82. The molecule has 0 radical (unpaired) electrons. The lowest BCUT2D eigenvalue weighted by molar-refractivity contribution is 1.21. The molecule has 0 fully saturated rings. The largest absolute Gasteiger partial charge is 0.382 e. The fraction of sp³-hybridized carbons (Fsp3) is 0.118. The average molecular weight is 310 g/mol. The third-order valence-corrected chi connectivity index (χ3v) is 2.57. The molecule has 0 aromatic carbocycles. The van der Waals surface area contributed by atoms with Gasteiger partial charge in [-0.2, -0.15) is 4.98 Å². The van der Waals surface area contributed by atoms with Crippen molar-refractivity contribution in [2.24, 2.45) is 0 Å². The lowest BCUT2D eigenvalue weighted by atomic mass is 10.3. The van der Waals surface area contributed by atoms with Crippen LogP contribution in [-0.4, -0.2) is 15.0 Å². The number of pyridine rings is 1. The molecule has 0 amide bonds. The molecule has 0 spiro atoms. The van der Waals surface area contributed by atoms with E-state index in [9.17, 15) is 0 Å². The zero-order valence-electron chi connectivity index (χ0n) is 13.5. The van der Waals surface area contributed by atoms with Crippen molar-refractivity contribution < 1.29 is 0 Å². The van der Waals surface area contributed by atoms with Gasteiger partial charge in [0.1, 0.15) is 11.3 Å². The van der Waals surface area contributed by atoms with E-state index in [1.165, 1.54) is 0 Å². The lowest BCUT2D eigenvalue weighted by Gasteiger charge is -2.08. The highest BCUT2D eigenvalue weighted by atomic mass is 15.1. The molecule has 0 aliphatic rings. The molecule has 23 heavy (non-hydrogen) atoms. The highest BCUT2D eigenvalue weighted by Crippen LogP contribution is 2.19. The maximum Gasteiger partial charge on any atom is 0.222 e. The van der Waals surface area contributed by atoms with Crippen LogP contribution in [0.4, 0.5) is 17.6 Å². The molecule has 2 heterocycles. The zero-order valence-corrected chi connectivity index (χ0v) is 13.5. The molecule has 0 aliphatic carbocycles. The molecular weight excluding hydrogens is 288 g/mol. The quantitative estimate of drug-likeness (QED) is 0.731. The van der Waals surface area contributed by atoms with Crippen LogP contribution in [0, 0.1) is 0 Å². The molecule has 120 valence electrons. The van der Waals surface area contributed by atoms with Crippen molar-refractivity contribution in [1.82, 2.24) is 15.0 Å². The number of anilines is 3. The number of hydrogen-bond acceptors (Lipinski definition) is 6. The second kappa shape index (κ2) is 8.99. The highest BCUT2D eigenvalue weighted by Gasteiger charge is 2.06. The first-order valence-electron chi connectivity index (χ1n) is 7.22. The third kappa shape index (κ3) is 4.96. The molecule has 0 saturated heterocycles. The van der Waals surface area contributed by atoms with Crippen LogP contribution in [0.25, 0.3) is 11.0 Å². The number of rotatable bonds is 5. The number of aromatic nitrogens is 3. The molecule has 0 bridgehead atoms. The maximum atomic E-state index is 5.82. The van der Waals surface area contributed by atoms with E-state index in [1.54, 1.807) is 24.3 Å². The van der Waals surface area contributed by atoms with Crippen molar-refractivity contribution in [3.63, 3.8) is 0 Å². The van der Waals surface area contributed by atoms with E-state index in [0.717, 1.165) is 5.70 Å². The lowest BCUT2D eigenvalue weighted by Crippen LogP contribution is -2.04. The molecule has 6 nitrogen and oxygen atoms in total. The number of fused-ring (bicyclic) bond motifs is 1. The summed E-state index contributed by atoms with van der Waals surface area (Å²) in [6.45, 7) is 11.3. The number of nitrogens with zero attached hydrogens (tertiary/aromatic N) is 3. The molecule has 2 aromatic rings. The van der Waals surface area contributed by atoms with Gasteiger partial charge in [0, 0.05) is 5.70 Å². The van der Waals surface area contributed by atoms with Gasteiger partial charge in [0.05, 0.1) is 5.52 Å². The summed E-state index contributed by atoms with van der Waals surface area (Å²) in [6, 6.07) is 3.56. The molecular formula is C17H22N6. The van der Waals surface area contributed by atoms with Gasteiger partial charge in [0.2, 0.25) is 5.95 Å². The van der Waals surface area contributed by atoms with Crippen LogP contribution in [0.5, 0.6) is 0 Å². The van der Waals surface area contributed by atoms with Crippen LogP contribution in [-0.2, 0) is 0 Å². The number of nitrogens with two attached hydrogens (primary N) is 2. The smallest absolute Gasteiger partial charge is 0.222 e. The first-order valence-corrected chi connectivity index (χ1v) is 7.22. The number of allylic oxidation sites excluding steroid dienone is 5. The number of nitrogens with one attached hydrogen (secondary N) is 1. The van der Waals surface area contributed by atoms with Crippen molar-refractivity contribution in [1.29, 1.82) is 0 Å². The van der Waals surface area contributed by atoms with Gasteiger partial charge >= 0.3 is 0 Å². The van der Waals surface area contributed by atoms with Crippen molar-refractivity contribution in [2.45, 2.75) is 13.8 Å². The standard InChI is InChI=1S/C15H16N6.C2H6/c1-3-5-7-10(6-4-2)18-12-9-8-11-13(20-12)14(16)21-15(17)19-11;1-2/h3-9H,1-2H2,(H,18,20)(H4,16,17,19,21);1-2H3/b7-5-,10-6+;. The molecule has 0 atom stereocenters. The van der Waals surface area contributed by atoms with Gasteiger partial charge in [-0.25, -0.2) is 9.97 Å². The minimum atomic E-state index is 0.128. The molecule has 6 heteroatoms. The monoisotopic (exact) mass is 310 g/mol. The van der Waals surface area contributed by atoms with Gasteiger partial charge in [0.25, 0.3) is 0 Å². The summed E-state index contributed by atoms with van der Waals surface area (Å²) in [6.07, 6.45) is 8.83. The summed E-state index contributed by atoms with van der Waals surface area (Å²) in [5, 5.41) is 3.15. The normalized spacial score (nSPS) is 11.0. The fourth-order valence-corrected chi connectivity index (χ4v) is 1.71. The highest BCUT2D eigenvalue weighted by molar-refractivity contribution is 5.86. The second-order valence-electron chi connectivity index (χ2n) is 4.11. The summed E-state index contributed by atoms with van der Waals surface area (Å²) < 4.78 is 0. The minimum Gasteiger partial charge on any atom is -0.382 e. The Balaban J connectivity index is 0.00000127. The predicted molar refractivity (Wildman–Crippen MR) is 98.7 cm³/mol. The van der Waals surface area contributed by atoms with Crippen LogP contribution >= 0.6 is 0 Å². The molecule has 2 rings (SSSR count). The number of hydrogen-bond donors (Lipinski definition) is 3. The summed E-state index contributed by atoms with van der Waals surface area (Å²) >= 11 is 0. The van der Waals surface area contributed by atoms with E-state index in [0.29, 0.717) is 16.9 Å². The topological polar surface area (TPSA) is 103 Å². The minimum absolute atomic E-state index is 0.128. The predicted octanol–water partition coefficient (Wildman–Crippen LogP) is 3.44. The van der Waals surface area contributed by atoms with E-state index in [1.807, 2.05) is 32.1 Å². The van der Waals surface area contributed by atoms with E-state index in [2.05, 4.69) is 33.4 Å². The fourth-order valence-electron chi connectivity index (χ4n) is 1.71. The third-order valence-electron chi connectivity index (χ3n) is 2.57. The van der Waals surface area contributed by atoms with Gasteiger partial charge in [-0.3, -0.25) is 0 Å². The van der Waals surface area contributed by atoms with Gasteiger partial charge in [-0.05, 0) is 24.3 Å². The Bertz CT molecular complexity index is 746. The Morgan fingerprint density at radius 3 is 2.48 bits per heavy atom. The van der Waals surface area contributed by atoms with Crippen molar-refractivity contribution in [2.75, 3.05) is 16.8 Å². The zero-order chi connectivity index (χ0) is 17.2. The van der Waals surface area contributed by atoms with Gasteiger partial charge in [0.15, 0.2) is 5.82 Å². The van der Waals surface area contributed by atoms with E-state index >= 15 is 0 Å². The van der Waals surface area contributed by atoms with Crippen molar-refractivity contribution in [3.8, 4) is 0 Å². The van der Waals surface area contributed by atoms with Crippen molar-refractivity contribution in [3.05, 3.63) is 61.4 Å². The molecule has 5 N–H and O–H groups in total. The molecule has 0 unspecified atom stereocenters. The Kier molecular flexibility index (Phi) is 7.00. The molecule has 0 aliphatic heterocycles. The number of nitrogen functional groups attached to an aromatic ring is 2. The summed E-state index contributed by atoms with van der Waals surface area (Å²) in [5.74, 6) is 0.991. The SMILES string of the molecule is C=C/C=C\C(=C/C=C)Nc1ccc2nc(N)nc(N)c2n1.CC. The van der Waals surface area contributed by atoms with Crippen LogP contribution < -0.4 is 16.8 Å². The summed E-state index contributed by atoms with van der Waals surface area (Å²) in [7, 11) is 0. The Hall–Kier alpha value is -3.15. The Morgan fingerprint density at radius 2 is 1.83 bits per heavy atom. The summed E-state index contributed by atoms with van der Waals surface area (Å²) in [5.41, 5.74) is 13.3. The van der Waals surface area contributed by atoms with Crippen LogP contribution in [0.3, 0.4) is 0 Å². The van der Waals surface area contributed by atoms with E-state index in [-0.39, 0.29) is 11.8 Å². The first kappa shape index (κ1) is 17.9. The first-order chi connectivity index (χ1) is 11.1. The molecule has 0 saturated carbocycles. The van der Waals surface area contributed by atoms with Gasteiger partial charge in [-0.1, -0.05) is 45.2 Å². The molecule has 2 aromatic heterocycles. The van der Waals surface area contributed by atoms with Gasteiger partial charge in [-0.15, -0.1) is 0 Å². The van der Waals surface area contributed by atoms with E-state index in [4.69, 9.17) is 11.5 Å². The van der Waals surface area contributed by atoms with Gasteiger partial charge < -0.3 is 16.8 Å². The Morgan fingerprint density at radius 1 is 1.09 bits per heavy atom. The average Bonchev–Trinajstić information content (AvgIpc) is 2.55. The van der Waals surface area contributed by atoms with Crippen LogP contribution in [0.15, 0.2) is 61.4 Å². The van der Waals surface area contributed by atoms with Crippen LogP contribution in [0.1, 0.15) is 13.8 Å². The Labute approximate surface area is 136 Å². The second-order valence-corrected chi connectivity index (χ2v) is 4.11. The van der Waals surface area contributed by atoms with E-state index < -0.39 is 0 Å². The van der Waals surface area contributed by atoms with Crippen molar-refractivity contribution >= 4 is 28.6 Å². The van der Waals surface area contributed by atoms with Crippen LogP contribution in [0.2, 0.25) is 0 Å².